The van der Waals surface area contributed by atoms with Gasteiger partial charge >= 0.3 is 0 Å². The summed E-state index contributed by atoms with van der Waals surface area (Å²) in [5.74, 6) is 1.46. The molecule has 4 aromatic rings. The molecule has 0 radical (unpaired) electrons. The maximum absolute atomic E-state index is 13.1. The summed E-state index contributed by atoms with van der Waals surface area (Å²) in [5, 5.41) is 5.12. The van der Waals surface area contributed by atoms with Crippen molar-refractivity contribution in [3.05, 3.63) is 90.0 Å². The van der Waals surface area contributed by atoms with Crippen LogP contribution in [0.5, 0.6) is 5.75 Å². The fourth-order valence-electron chi connectivity index (χ4n) is 4.35. The number of ether oxygens (including phenoxy) is 1. The number of hydrogen-bond donors (Lipinski definition) is 1. The van der Waals surface area contributed by atoms with Crippen molar-refractivity contribution in [2.45, 2.75) is 26.4 Å². The molecule has 1 atom stereocenters. The monoisotopic (exact) mass is 469 g/mol. The van der Waals surface area contributed by atoms with Gasteiger partial charge in [0.25, 0.3) is 5.91 Å². The van der Waals surface area contributed by atoms with E-state index in [4.69, 9.17) is 9.15 Å². The zero-order valence-corrected chi connectivity index (χ0v) is 19.6. The molecular weight excluding hydrogens is 442 g/mol. The summed E-state index contributed by atoms with van der Waals surface area (Å²) in [7, 11) is 0. The number of hydrogen-bond acceptors (Lipinski definition) is 5. The number of likely N-dealkylation sites (tertiary alicyclic amines) is 1. The maximum atomic E-state index is 13.1. The summed E-state index contributed by atoms with van der Waals surface area (Å²) >= 11 is 0. The second-order valence-corrected chi connectivity index (χ2v) is 8.81. The topological polar surface area (TPSA) is 84.7 Å². The van der Waals surface area contributed by atoms with Gasteiger partial charge in [-0.05, 0) is 66.9 Å². The highest BCUT2D eigenvalue weighted by Crippen LogP contribution is 2.23. The molecule has 0 bridgehead atoms. The Morgan fingerprint density at radius 2 is 1.91 bits per heavy atom. The van der Waals surface area contributed by atoms with Crippen molar-refractivity contribution in [1.29, 1.82) is 0 Å². The Morgan fingerprint density at radius 3 is 2.77 bits per heavy atom. The molecule has 1 saturated heterocycles. The molecule has 0 spiro atoms. The fourth-order valence-corrected chi connectivity index (χ4v) is 4.35. The third-order valence-electron chi connectivity index (χ3n) is 6.19. The van der Waals surface area contributed by atoms with E-state index in [1.54, 1.807) is 23.1 Å². The van der Waals surface area contributed by atoms with E-state index >= 15 is 0 Å². The SMILES string of the molecule is Cc1cccc(NC(=O)C2CCCN(C(=O)c3ccc(COc4ccc5ccccc5c4)o3)C2)n1. The molecule has 178 valence electrons. The molecular formula is C28H27N3O4. The summed E-state index contributed by atoms with van der Waals surface area (Å²) in [6.45, 7) is 3.04. The summed E-state index contributed by atoms with van der Waals surface area (Å²) in [5.41, 5.74) is 0.835. The second kappa shape index (κ2) is 10.0. The van der Waals surface area contributed by atoms with Crippen LogP contribution in [-0.2, 0) is 11.4 Å². The number of nitrogens with zero attached hydrogens (tertiary/aromatic N) is 2. The molecule has 2 aromatic heterocycles. The van der Waals surface area contributed by atoms with Crippen LogP contribution in [0.25, 0.3) is 10.8 Å². The van der Waals surface area contributed by atoms with Crippen LogP contribution in [-0.4, -0.2) is 34.8 Å². The van der Waals surface area contributed by atoms with Crippen LogP contribution in [0.3, 0.4) is 0 Å². The number of aryl methyl sites for hydroxylation is 1. The fraction of sp³-hybridized carbons (Fsp3) is 0.250. The van der Waals surface area contributed by atoms with Crippen molar-refractivity contribution in [3.8, 4) is 5.75 Å². The highest BCUT2D eigenvalue weighted by Gasteiger charge is 2.30. The zero-order chi connectivity index (χ0) is 24.2. The molecule has 1 aliphatic rings. The zero-order valence-electron chi connectivity index (χ0n) is 19.6. The molecule has 2 amide bonds. The summed E-state index contributed by atoms with van der Waals surface area (Å²) in [6.07, 6.45) is 1.48. The van der Waals surface area contributed by atoms with Crippen molar-refractivity contribution in [1.82, 2.24) is 9.88 Å². The molecule has 35 heavy (non-hydrogen) atoms. The number of pyridine rings is 1. The number of carbonyl (C=O) groups excluding carboxylic acids is 2. The predicted molar refractivity (Wildman–Crippen MR) is 133 cm³/mol. The minimum absolute atomic E-state index is 0.121. The first-order valence-electron chi connectivity index (χ1n) is 11.8. The first-order valence-corrected chi connectivity index (χ1v) is 11.8. The summed E-state index contributed by atoms with van der Waals surface area (Å²) < 4.78 is 11.7. The van der Waals surface area contributed by atoms with Crippen LogP contribution in [0.1, 0.15) is 34.9 Å². The van der Waals surface area contributed by atoms with E-state index in [2.05, 4.69) is 16.4 Å². The molecule has 1 aliphatic heterocycles. The number of nitrogens with one attached hydrogen (secondary N) is 1. The second-order valence-electron chi connectivity index (χ2n) is 8.81. The average molecular weight is 470 g/mol. The maximum Gasteiger partial charge on any atom is 0.289 e. The van der Waals surface area contributed by atoms with Crippen molar-refractivity contribution >= 4 is 28.4 Å². The Morgan fingerprint density at radius 1 is 1.06 bits per heavy atom. The van der Waals surface area contributed by atoms with Crippen LogP contribution in [0, 0.1) is 12.8 Å². The number of piperidine rings is 1. The lowest BCUT2D eigenvalue weighted by molar-refractivity contribution is -0.121. The number of carbonyl (C=O) groups is 2. The van der Waals surface area contributed by atoms with Crippen molar-refractivity contribution in [2.24, 2.45) is 5.92 Å². The predicted octanol–water partition coefficient (Wildman–Crippen LogP) is 5.21. The van der Waals surface area contributed by atoms with E-state index in [1.165, 1.54) is 0 Å². The lowest BCUT2D eigenvalue weighted by Gasteiger charge is -2.31. The molecule has 5 rings (SSSR count). The standard InChI is InChI=1S/C28H27N3O4/c1-19-6-4-10-26(29-19)30-27(32)22-9-5-15-31(17-22)28(33)25-14-13-24(35-25)18-34-23-12-11-20-7-2-3-8-21(20)16-23/h2-4,6-8,10-14,16,22H,5,9,15,17-18H2,1H3,(H,29,30,32). The molecule has 0 aliphatic carbocycles. The van der Waals surface area contributed by atoms with E-state index in [-0.39, 0.29) is 30.1 Å². The Kier molecular flexibility index (Phi) is 6.48. The molecule has 1 unspecified atom stereocenters. The Hall–Kier alpha value is -4.13. The third-order valence-corrected chi connectivity index (χ3v) is 6.19. The quantitative estimate of drug-likeness (QED) is 0.419. The number of aromatic nitrogens is 1. The average Bonchev–Trinajstić information content (AvgIpc) is 3.36. The van der Waals surface area contributed by atoms with Crippen LogP contribution in [0.2, 0.25) is 0 Å². The molecule has 1 N–H and O–H groups in total. The van der Waals surface area contributed by atoms with E-state index < -0.39 is 0 Å². The van der Waals surface area contributed by atoms with Gasteiger partial charge in [-0.3, -0.25) is 9.59 Å². The lowest BCUT2D eigenvalue weighted by atomic mass is 9.97. The Bertz CT molecular complexity index is 1360. The number of benzene rings is 2. The van der Waals surface area contributed by atoms with E-state index in [0.29, 0.717) is 24.7 Å². The van der Waals surface area contributed by atoms with E-state index in [1.807, 2.05) is 55.5 Å². The van der Waals surface area contributed by atoms with Gasteiger partial charge in [0.15, 0.2) is 5.76 Å². The van der Waals surface area contributed by atoms with Gasteiger partial charge in [0.2, 0.25) is 5.91 Å². The summed E-state index contributed by atoms with van der Waals surface area (Å²) in [4.78, 5) is 31.8. The van der Waals surface area contributed by atoms with Gasteiger partial charge in [0.05, 0.1) is 5.92 Å². The number of fused-ring (bicyclic) bond motifs is 1. The molecule has 1 fully saturated rings. The normalized spacial score (nSPS) is 15.7. The lowest BCUT2D eigenvalue weighted by Crippen LogP contribution is -2.43. The number of rotatable bonds is 6. The third kappa shape index (κ3) is 5.35. The Balaban J connectivity index is 1.18. The van der Waals surface area contributed by atoms with Crippen molar-refractivity contribution in [2.75, 3.05) is 18.4 Å². The highest BCUT2D eigenvalue weighted by molar-refractivity contribution is 5.94. The minimum atomic E-state index is -0.291. The molecule has 3 heterocycles. The van der Waals surface area contributed by atoms with Gasteiger partial charge < -0.3 is 19.4 Å². The van der Waals surface area contributed by atoms with Gasteiger partial charge in [-0.25, -0.2) is 4.98 Å². The minimum Gasteiger partial charge on any atom is -0.486 e. The number of furan rings is 1. The van der Waals surface area contributed by atoms with Crippen LogP contribution in [0.4, 0.5) is 5.82 Å². The van der Waals surface area contributed by atoms with E-state index in [9.17, 15) is 9.59 Å². The molecule has 0 saturated carbocycles. The molecule has 7 heteroatoms. The molecule has 7 nitrogen and oxygen atoms in total. The van der Waals surface area contributed by atoms with Crippen molar-refractivity contribution in [3.63, 3.8) is 0 Å². The smallest absolute Gasteiger partial charge is 0.289 e. The van der Waals surface area contributed by atoms with Gasteiger partial charge in [0.1, 0.15) is 23.9 Å². The van der Waals surface area contributed by atoms with Gasteiger partial charge in [0, 0.05) is 18.8 Å². The molecule has 2 aromatic carbocycles. The number of amides is 2. The van der Waals surface area contributed by atoms with E-state index in [0.717, 1.165) is 35.1 Å². The first-order chi connectivity index (χ1) is 17.0. The van der Waals surface area contributed by atoms with Crippen LogP contribution in [0.15, 0.2) is 77.2 Å². The first kappa shape index (κ1) is 22.7. The van der Waals surface area contributed by atoms with Gasteiger partial charge in [-0.15, -0.1) is 0 Å². The van der Waals surface area contributed by atoms with Crippen LogP contribution < -0.4 is 10.1 Å². The van der Waals surface area contributed by atoms with Crippen LogP contribution >= 0.6 is 0 Å². The van der Waals surface area contributed by atoms with Gasteiger partial charge in [-0.2, -0.15) is 0 Å². The highest BCUT2D eigenvalue weighted by atomic mass is 16.5. The number of anilines is 1. The Labute approximate surface area is 203 Å². The summed E-state index contributed by atoms with van der Waals surface area (Å²) in [6, 6.07) is 22.9. The largest absolute Gasteiger partial charge is 0.486 e. The van der Waals surface area contributed by atoms with Gasteiger partial charge in [-0.1, -0.05) is 36.4 Å². The van der Waals surface area contributed by atoms with Crippen molar-refractivity contribution < 1.29 is 18.7 Å².